The Balaban J connectivity index is 0.00000323. The van der Waals surface area contributed by atoms with Gasteiger partial charge in [0.25, 0.3) is 0 Å². The molecule has 4 heteroatoms. The van der Waals surface area contributed by atoms with Crippen LogP contribution in [0.15, 0.2) is 182 Å². The van der Waals surface area contributed by atoms with Gasteiger partial charge in [-0.25, -0.2) is 0 Å². The van der Waals surface area contributed by atoms with E-state index in [1.54, 1.807) is 0 Å². The molecule has 0 saturated carbocycles. The molecule has 0 fully saturated rings. The molecule has 0 heterocycles. The van der Waals surface area contributed by atoms with Crippen LogP contribution in [-0.4, -0.2) is 0 Å². The van der Waals surface area contributed by atoms with Crippen molar-refractivity contribution in [3.05, 3.63) is 182 Å². The van der Waals surface area contributed by atoms with Crippen LogP contribution in [0.3, 0.4) is 0 Å². The molecular formula is C36H34INP2. The fraction of sp³-hybridized carbons (Fsp3) is 0. The van der Waals surface area contributed by atoms with Crippen molar-refractivity contribution in [2.45, 2.75) is 0 Å². The van der Waals surface area contributed by atoms with E-state index in [1.807, 2.05) is 0 Å². The molecule has 6 rings (SSSR count). The molecule has 6 aromatic carbocycles. The molecule has 40 heavy (non-hydrogen) atoms. The zero-order valence-electron chi connectivity index (χ0n) is 22.2. The van der Waals surface area contributed by atoms with Gasteiger partial charge >= 0.3 is 234 Å². The van der Waals surface area contributed by atoms with E-state index in [9.17, 15) is 0 Å². The summed E-state index contributed by atoms with van der Waals surface area (Å²) in [4.78, 5) is 4.66. The van der Waals surface area contributed by atoms with Crippen LogP contribution in [0.4, 0.5) is 0 Å². The Morgan fingerprint density at radius 1 is 0.250 bits per heavy atom. The molecule has 0 amide bonds. The van der Waals surface area contributed by atoms with Crippen molar-refractivity contribution < 1.29 is 0 Å². The van der Waals surface area contributed by atoms with Crippen LogP contribution in [0.5, 0.6) is 0 Å². The third-order valence-corrected chi connectivity index (χ3v) is 17.8. The van der Waals surface area contributed by atoms with Crippen LogP contribution < -0.4 is 36.7 Å². The van der Waals surface area contributed by atoms with Gasteiger partial charge in [0, 0.05) is 0 Å². The third-order valence-electron chi connectivity index (χ3n) is 7.62. The van der Waals surface area contributed by atoms with Crippen molar-refractivity contribution in [2.75, 3.05) is 0 Å². The van der Waals surface area contributed by atoms with Crippen LogP contribution in [0.2, 0.25) is 0 Å². The van der Waals surface area contributed by atoms with Gasteiger partial charge in [0.1, 0.15) is 0 Å². The third kappa shape index (κ3) is 5.30. The van der Waals surface area contributed by atoms with Crippen molar-refractivity contribution in [1.29, 1.82) is 0 Å². The quantitative estimate of drug-likeness (QED) is 0.145. The van der Waals surface area contributed by atoms with E-state index in [0.717, 1.165) is 0 Å². The summed E-state index contributed by atoms with van der Waals surface area (Å²) in [7, 11) is -5.59. The first-order valence-electron chi connectivity index (χ1n) is 13.5. The van der Waals surface area contributed by atoms with Crippen LogP contribution in [0.1, 0.15) is 0 Å². The van der Waals surface area contributed by atoms with Crippen molar-refractivity contribution in [3.63, 3.8) is 0 Å². The summed E-state index contributed by atoms with van der Waals surface area (Å²) in [6, 6.07) is 66.7. The predicted molar refractivity (Wildman–Crippen MR) is 192 cm³/mol. The monoisotopic (exact) mass is 669 g/mol. The second kappa shape index (κ2) is 13.0. The Morgan fingerprint density at radius 2 is 0.400 bits per heavy atom. The molecule has 0 radical (unpaired) electrons. The number of hydrogen-bond acceptors (Lipinski definition) is 1. The van der Waals surface area contributed by atoms with Gasteiger partial charge in [0.2, 0.25) is 0 Å². The van der Waals surface area contributed by atoms with Crippen LogP contribution >= 0.6 is 38.8 Å². The molecule has 0 saturated heterocycles. The molecule has 0 bridgehead atoms. The summed E-state index contributed by atoms with van der Waals surface area (Å²) in [5.74, 6) is 0. The van der Waals surface area contributed by atoms with Crippen molar-refractivity contribution in [2.24, 2.45) is 0 Å². The van der Waals surface area contributed by atoms with Crippen molar-refractivity contribution in [3.8, 4) is 0 Å². The molecule has 0 atom stereocenters. The number of benzene rings is 6. The molecule has 0 aromatic heterocycles. The summed E-state index contributed by atoms with van der Waals surface area (Å²) in [6.45, 7) is 0. The number of hydrogen-bond donors (Lipinski definition) is 1. The Labute approximate surface area is 256 Å². The fourth-order valence-corrected chi connectivity index (χ4v) is 17.7. The molecular weight excluding hydrogens is 635 g/mol. The number of rotatable bonds is 8. The minimum atomic E-state index is -2.80. The zero-order valence-corrected chi connectivity index (χ0v) is 26.6. The van der Waals surface area contributed by atoms with Gasteiger partial charge in [-0.3, -0.25) is 0 Å². The molecule has 6 aromatic rings. The van der Waals surface area contributed by atoms with Gasteiger partial charge in [-0.2, -0.15) is 0 Å². The normalized spacial score (nSPS) is 12.2. The molecule has 0 unspecified atom stereocenters. The predicted octanol–water partition coefficient (Wildman–Crippen LogP) is 6.48. The van der Waals surface area contributed by atoms with E-state index in [-0.39, 0.29) is 24.0 Å². The number of nitrogens with one attached hydrogen (secondary N) is 1. The fourth-order valence-electron chi connectivity index (χ4n) is 5.84. The second-order valence-electron chi connectivity index (χ2n) is 9.82. The molecule has 200 valence electrons. The molecule has 0 spiro atoms. The second-order valence-corrected chi connectivity index (χ2v) is 17.3. The van der Waals surface area contributed by atoms with E-state index in [1.165, 1.54) is 31.8 Å². The van der Waals surface area contributed by atoms with Crippen LogP contribution in [0.25, 0.3) is 0 Å². The summed E-state index contributed by atoms with van der Waals surface area (Å²) in [5, 5.41) is 8.09. The molecule has 0 aliphatic rings. The van der Waals surface area contributed by atoms with E-state index in [2.05, 4.69) is 187 Å². The van der Waals surface area contributed by atoms with Crippen LogP contribution in [-0.2, 0) is 0 Å². The van der Waals surface area contributed by atoms with Crippen molar-refractivity contribution >= 4 is 70.6 Å². The Bertz CT molecular complexity index is 1280. The SMILES string of the molecule is I.c1ccc([PH](N[PH](c2ccccc2)(c2ccccc2)c2ccccc2)(c2ccccc2)c2ccccc2)cc1. The van der Waals surface area contributed by atoms with E-state index >= 15 is 0 Å². The average Bonchev–Trinajstić information content (AvgIpc) is 3.04. The molecule has 1 nitrogen and oxygen atoms in total. The Hall–Kier alpha value is -3.13. The Kier molecular flexibility index (Phi) is 9.25. The van der Waals surface area contributed by atoms with Gasteiger partial charge in [-0.15, -0.1) is 24.0 Å². The average molecular weight is 670 g/mol. The van der Waals surface area contributed by atoms with Gasteiger partial charge < -0.3 is 0 Å². The maximum absolute atomic E-state index is 4.66. The summed E-state index contributed by atoms with van der Waals surface area (Å²) in [6.07, 6.45) is 0. The van der Waals surface area contributed by atoms with Gasteiger partial charge in [0.05, 0.1) is 0 Å². The van der Waals surface area contributed by atoms with E-state index in [4.69, 9.17) is 0 Å². The number of halogens is 1. The van der Waals surface area contributed by atoms with Gasteiger partial charge in [-0.1, -0.05) is 0 Å². The first-order valence-corrected chi connectivity index (χ1v) is 17.5. The van der Waals surface area contributed by atoms with E-state index in [0.29, 0.717) is 0 Å². The Morgan fingerprint density at radius 3 is 0.550 bits per heavy atom. The first kappa shape index (κ1) is 28.4. The standard InChI is InChI=1S/C36H33NP2.HI/c1-7-19-31(20-8-1)38(32-21-9-2-10-22-32,33-23-11-3-12-24-33)37-39(34-25-13-4-14-26-34,35-27-15-5-16-28-35)36-29-17-6-18-30-36;/h1-30,37-39H;1H. The summed E-state index contributed by atoms with van der Waals surface area (Å²) < 4.78 is 0. The summed E-state index contributed by atoms with van der Waals surface area (Å²) >= 11 is 0. The van der Waals surface area contributed by atoms with Crippen LogP contribution in [0, 0.1) is 0 Å². The van der Waals surface area contributed by atoms with E-state index < -0.39 is 14.8 Å². The molecule has 0 aliphatic carbocycles. The van der Waals surface area contributed by atoms with Crippen molar-refractivity contribution in [1.82, 2.24) is 4.86 Å². The maximum atomic E-state index is 4.66. The minimum absolute atomic E-state index is 0. The van der Waals surface area contributed by atoms with Gasteiger partial charge in [0.15, 0.2) is 0 Å². The first-order chi connectivity index (χ1) is 19.3. The molecule has 0 aliphatic heterocycles. The zero-order chi connectivity index (χ0) is 26.4. The molecule has 1 N–H and O–H groups in total. The topological polar surface area (TPSA) is 12.0 Å². The summed E-state index contributed by atoms with van der Waals surface area (Å²) in [5.41, 5.74) is 0. The van der Waals surface area contributed by atoms with Gasteiger partial charge in [-0.05, 0) is 0 Å².